The molecule has 1 saturated heterocycles. The Kier molecular flexibility index (Phi) is 5.35. The van der Waals surface area contributed by atoms with Crippen molar-refractivity contribution in [2.24, 2.45) is 10.7 Å². The highest BCUT2D eigenvalue weighted by atomic mass is 31.2. The first-order chi connectivity index (χ1) is 10.6. The SMILES string of the molecule is NC1C(=O)N[C@H](O)N=C1N[C@@H]1O[C@H](COP(=O)(O)O)[C@@H](O)[C@H]1O. The van der Waals surface area contributed by atoms with E-state index >= 15 is 0 Å². The highest BCUT2D eigenvalue weighted by Crippen LogP contribution is 2.37. The number of phosphoric acid groups is 1. The summed E-state index contributed by atoms with van der Waals surface area (Å²) in [7, 11) is -4.77. The van der Waals surface area contributed by atoms with Crippen molar-refractivity contribution in [1.29, 1.82) is 0 Å². The second kappa shape index (κ2) is 6.76. The van der Waals surface area contributed by atoms with E-state index in [1.807, 2.05) is 0 Å². The number of hydrogen-bond donors (Lipinski definition) is 8. The van der Waals surface area contributed by atoms with Crippen molar-refractivity contribution >= 4 is 19.6 Å². The van der Waals surface area contributed by atoms with E-state index in [2.05, 4.69) is 20.1 Å². The number of carbonyl (C=O) groups is 1. The summed E-state index contributed by atoms with van der Waals surface area (Å²) in [5, 5.41) is 33.5. The van der Waals surface area contributed by atoms with E-state index in [1.165, 1.54) is 0 Å². The van der Waals surface area contributed by atoms with Gasteiger partial charge in [0.05, 0.1) is 6.61 Å². The summed E-state index contributed by atoms with van der Waals surface area (Å²) in [5.74, 6) is -0.904. The zero-order valence-corrected chi connectivity index (χ0v) is 12.4. The Morgan fingerprint density at radius 3 is 2.61 bits per heavy atom. The Labute approximate surface area is 129 Å². The maximum atomic E-state index is 11.4. The van der Waals surface area contributed by atoms with Crippen LogP contribution in [0.3, 0.4) is 0 Å². The van der Waals surface area contributed by atoms with Crippen LogP contribution in [0, 0.1) is 0 Å². The van der Waals surface area contributed by atoms with Gasteiger partial charge in [0.15, 0.2) is 6.23 Å². The molecule has 0 bridgehead atoms. The second-order valence-electron chi connectivity index (χ2n) is 4.88. The zero-order valence-electron chi connectivity index (χ0n) is 11.5. The fraction of sp³-hybridized carbons (Fsp3) is 0.778. The van der Waals surface area contributed by atoms with Crippen LogP contribution in [0.15, 0.2) is 4.99 Å². The lowest BCUT2D eigenvalue weighted by atomic mass is 10.1. The van der Waals surface area contributed by atoms with Crippen LogP contribution in [-0.2, 0) is 18.6 Å². The fourth-order valence-electron chi connectivity index (χ4n) is 2.03. The van der Waals surface area contributed by atoms with E-state index in [4.69, 9.17) is 20.3 Å². The number of nitrogens with zero attached hydrogens (tertiary/aromatic N) is 1. The second-order valence-corrected chi connectivity index (χ2v) is 6.12. The third-order valence-corrected chi connectivity index (χ3v) is 3.65. The molecule has 2 heterocycles. The summed E-state index contributed by atoms with van der Waals surface area (Å²) in [6.07, 6.45) is -7.08. The predicted octanol–water partition coefficient (Wildman–Crippen LogP) is -4.74. The minimum Gasteiger partial charge on any atom is -0.387 e. The molecule has 0 aromatic heterocycles. The topological polar surface area (TPSA) is 216 Å². The molecule has 132 valence electrons. The molecular formula is C9H17N4O9P. The largest absolute Gasteiger partial charge is 0.469 e. The van der Waals surface area contributed by atoms with Crippen molar-refractivity contribution < 1.29 is 43.7 Å². The van der Waals surface area contributed by atoms with Crippen molar-refractivity contribution in [3.8, 4) is 0 Å². The molecule has 0 aromatic rings. The minimum atomic E-state index is -4.77. The summed E-state index contributed by atoms with van der Waals surface area (Å²) in [6, 6.07) is -1.25. The maximum absolute atomic E-state index is 11.4. The van der Waals surface area contributed by atoms with Crippen molar-refractivity contribution in [3.63, 3.8) is 0 Å². The predicted molar refractivity (Wildman–Crippen MR) is 71.4 cm³/mol. The normalized spacial score (nSPS) is 38.2. The molecule has 0 aromatic carbocycles. The molecule has 6 atom stereocenters. The van der Waals surface area contributed by atoms with Crippen molar-refractivity contribution in [3.05, 3.63) is 0 Å². The summed E-state index contributed by atoms with van der Waals surface area (Å²) < 4.78 is 20.0. The van der Waals surface area contributed by atoms with Crippen LogP contribution >= 0.6 is 7.82 Å². The molecule has 9 N–H and O–H groups in total. The van der Waals surface area contributed by atoms with E-state index < -0.39 is 57.3 Å². The van der Waals surface area contributed by atoms with Gasteiger partial charge in [0.1, 0.15) is 30.2 Å². The van der Waals surface area contributed by atoms with Crippen LogP contribution in [-0.4, -0.2) is 80.4 Å². The van der Waals surface area contributed by atoms with Crippen LogP contribution in [0.2, 0.25) is 0 Å². The van der Waals surface area contributed by atoms with Gasteiger partial charge in [-0.2, -0.15) is 0 Å². The number of nitrogens with two attached hydrogens (primary N) is 1. The number of amides is 1. The van der Waals surface area contributed by atoms with Gasteiger partial charge < -0.3 is 46.2 Å². The number of ether oxygens (including phenoxy) is 1. The van der Waals surface area contributed by atoms with E-state index in [9.17, 15) is 24.7 Å². The summed E-state index contributed by atoms with van der Waals surface area (Å²) in [5.41, 5.74) is 5.55. The van der Waals surface area contributed by atoms with Gasteiger partial charge in [0, 0.05) is 0 Å². The van der Waals surface area contributed by atoms with E-state index in [-0.39, 0.29) is 5.84 Å². The number of carbonyl (C=O) groups excluding carboxylic acids is 1. The van der Waals surface area contributed by atoms with Crippen molar-refractivity contribution in [2.75, 3.05) is 6.61 Å². The Bertz CT molecular complexity index is 539. The minimum absolute atomic E-state index is 0.186. The number of aliphatic hydroxyl groups excluding tert-OH is 3. The first kappa shape index (κ1) is 18.2. The molecule has 1 amide bonds. The standard InChI is InChI=1S/C9H17N4O9P/c10-3-6(12-9(17)13-7(3)16)11-8-5(15)4(14)2(22-8)1-21-23(18,19)20/h2-5,8-9,14-15,17H,1,10H2,(H,11,12)(H,13,16)(H2,18,19,20)/t2-,3?,4-,5-,8-,9-/m1/s1. The summed E-state index contributed by atoms with van der Waals surface area (Å²) in [6.45, 7) is -0.678. The van der Waals surface area contributed by atoms with Gasteiger partial charge in [-0.25, -0.2) is 9.56 Å². The number of rotatable bonds is 4. The number of aliphatic hydroxyl groups is 3. The Hall–Kier alpha value is -1.15. The Morgan fingerprint density at radius 1 is 1.35 bits per heavy atom. The van der Waals surface area contributed by atoms with E-state index in [0.29, 0.717) is 0 Å². The number of nitrogens with one attached hydrogen (secondary N) is 2. The molecule has 1 unspecified atom stereocenters. The zero-order chi connectivity index (χ0) is 17.4. The third kappa shape index (κ3) is 4.44. The molecule has 1 fully saturated rings. The van der Waals surface area contributed by atoms with Gasteiger partial charge in [-0.05, 0) is 0 Å². The molecule has 14 heteroatoms. The summed E-state index contributed by atoms with van der Waals surface area (Å²) in [4.78, 5) is 32.3. The van der Waals surface area contributed by atoms with E-state index in [1.54, 1.807) is 0 Å². The Morgan fingerprint density at radius 2 is 2.00 bits per heavy atom. The van der Waals surface area contributed by atoms with Gasteiger partial charge in [-0.1, -0.05) is 0 Å². The van der Waals surface area contributed by atoms with Gasteiger partial charge >= 0.3 is 7.82 Å². The number of aliphatic imine (C=N–C) groups is 1. The van der Waals surface area contributed by atoms with Crippen LogP contribution in [0.5, 0.6) is 0 Å². The van der Waals surface area contributed by atoms with Crippen LogP contribution in [0.25, 0.3) is 0 Å². The molecule has 0 spiro atoms. The molecule has 2 rings (SSSR count). The summed E-state index contributed by atoms with van der Waals surface area (Å²) >= 11 is 0. The number of amidine groups is 1. The Balaban J connectivity index is 2.01. The van der Waals surface area contributed by atoms with Gasteiger partial charge in [0.25, 0.3) is 0 Å². The number of hydrogen-bond acceptors (Lipinski definition) is 10. The first-order valence-corrected chi connectivity index (χ1v) is 7.91. The molecular weight excluding hydrogens is 339 g/mol. The number of phosphoric ester groups is 1. The van der Waals surface area contributed by atoms with Crippen LogP contribution in [0.1, 0.15) is 0 Å². The lowest BCUT2D eigenvalue weighted by molar-refractivity contribution is -0.124. The lowest BCUT2D eigenvalue weighted by Gasteiger charge is -2.26. The van der Waals surface area contributed by atoms with Crippen LogP contribution in [0.4, 0.5) is 0 Å². The molecule has 0 aliphatic carbocycles. The molecule has 0 radical (unpaired) electrons. The maximum Gasteiger partial charge on any atom is 0.469 e. The van der Waals surface area contributed by atoms with Gasteiger partial charge in [-0.3, -0.25) is 9.32 Å². The highest BCUT2D eigenvalue weighted by molar-refractivity contribution is 7.46. The van der Waals surface area contributed by atoms with Crippen molar-refractivity contribution in [1.82, 2.24) is 10.6 Å². The lowest BCUT2D eigenvalue weighted by Crippen LogP contribution is -2.60. The highest BCUT2D eigenvalue weighted by Gasteiger charge is 2.45. The monoisotopic (exact) mass is 356 g/mol. The molecule has 2 aliphatic heterocycles. The fourth-order valence-corrected chi connectivity index (χ4v) is 2.38. The van der Waals surface area contributed by atoms with Gasteiger partial charge in [0.2, 0.25) is 12.3 Å². The van der Waals surface area contributed by atoms with Crippen molar-refractivity contribution in [2.45, 2.75) is 36.9 Å². The van der Waals surface area contributed by atoms with Crippen LogP contribution < -0.4 is 16.4 Å². The molecule has 0 saturated carbocycles. The quantitative estimate of drug-likeness (QED) is 0.224. The molecule has 2 aliphatic rings. The van der Waals surface area contributed by atoms with E-state index in [0.717, 1.165) is 0 Å². The molecule has 13 nitrogen and oxygen atoms in total. The first-order valence-electron chi connectivity index (χ1n) is 6.38. The molecule has 23 heavy (non-hydrogen) atoms. The third-order valence-electron chi connectivity index (χ3n) is 3.17. The average Bonchev–Trinajstić information content (AvgIpc) is 2.69. The smallest absolute Gasteiger partial charge is 0.387 e. The average molecular weight is 356 g/mol. The van der Waals surface area contributed by atoms with Gasteiger partial charge in [-0.15, -0.1) is 0 Å².